The molecule has 1 heterocycles. The minimum absolute atomic E-state index is 0.147. The summed E-state index contributed by atoms with van der Waals surface area (Å²) in [6.07, 6.45) is 4.39. The molecule has 4 nitrogen and oxygen atoms in total. The van der Waals surface area contributed by atoms with Crippen LogP contribution >= 0.6 is 0 Å². The van der Waals surface area contributed by atoms with Gasteiger partial charge in [0, 0.05) is 32.6 Å². The van der Waals surface area contributed by atoms with E-state index >= 15 is 0 Å². The Morgan fingerprint density at radius 2 is 2.28 bits per heavy atom. The van der Waals surface area contributed by atoms with E-state index in [9.17, 15) is 4.79 Å². The fourth-order valence-electron chi connectivity index (χ4n) is 2.63. The van der Waals surface area contributed by atoms with Gasteiger partial charge in [-0.2, -0.15) is 0 Å². The molecule has 1 amide bonds. The Kier molecular flexibility index (Phi) is 7.28. The molecule has 0 bridgehead atoms. The van der Waals surface area contributed by atoms with E-state index in [-0.39, 0.29) is 5.91 Å². The van der Waals surface area contributed by atoms with E-state index in [1.807, 2.05) is 0 Å². The van der Waals surface area contributed by atoms with Crippen LogP contribution in [0.25, 0.3) is 0 Å². The summed E-state index contributed by atoms with van der Waals surface area (Å²) in [5.74, 6) is 0.879. The van der Waals surface area contributed by atoms with Gasteiger partial charge in [-0.1, -0.05) is 6.92 Å². The second kappa shape index (κ2) is 8.48. The van der Waals surface area contributed by atoms with Crippen LogP contribution < -0.4 is 10.6 Å². The fourth-order valence-corrected chi connectivity index (χ4v) is 2.63. The van der Waals surface area contributed by atoms with E-state index < -0.39 is 0 Å². The summed E-state index contributed by atoms with van der Waals surface area (Å²) in [6.45, 7) is 8.79. The lowest BCUT2D eigenvalue weighted by Gasteiger charge is -2.36. The maximum atomic E-state index is 11.3. The van der Waals surface area contributed by atoms with Gasteiger partial charge in [-0.3, -0.25) is 4.79 Å². The molecule has 2 N–H and O–H groups in total. The molecule has 0 radical (unpaired) electrons. The number of piperidine rings is 1. The number of carbonyl (C=O) groups is 1. The number of nitrogens with zero attached hydrogens (tertiary/aromatic N) is 1. The molecule has 4 heteroatoms. The highest BCUT2D eigenvalue weighted by Crippen LogP contribution is 2.19. The number of rotatable bonds is 7. The Hall–Kier alpha value is -0.610. The van der Waals surface area contributed by atoms with Crippen LogP contribution in [0.15, 0.2) is 0 Å². The standard InChI is InChI=1S/C14H29N3O/c1-4-8-16-12(2)13-6-5-9-17(11-13)10-7-14(18)15-3/h12-13,16H,4-11H2,1-3H3,(H,15,18). The Bertz CT molecular complexity index is 245. The van der Waals surface area contributed by atoms with E-state index in [1.165, 1.54) is 19.3 Å². The minimum Gasteiger partial charge on any atom is -0.359 e. The Labute approximate surface area is 111 Å². The van der Waals surface area contributed by atoms with Crippen molar-refractivity contribution in [2.75, 3.05) is 33.2 Å². The van der Waals surface area contributed by atoms with Crippen LogP contribution in [0.2, 0.25) is 0 Å². The molecule has 2 atom stereocenters. The molecule has 1 rings (SSSR count). The van der Waals surface area contributed by atoms with E-state index in [1.54, 1.807) is 7.05 Å². The van der Waals surface area contributed by atoms with E-state index in [0.717, 1.165) is 32.1 Å². The van der Waals surface area contributed by atoms with Gasteiger partial charge in [0.25, 0.3) is 0 Å². The van der Waals surface area contributed by atoms with Crippen molar-refractivity contribution in [1.29, 1.82) is 0 Å². The summed E-state index contributed by atoms with van der Waals surface area (Å²) in [4.78, 5) is 13.7. The minimum atomic E-state index is 0.147. The Balaban J connectivity index is 2.29. The van der Waals surface area contributed by atoms with Crippen molar-refractivity contribution in [3.8, 4) is 0 Å². The third-order valence-electron chi connectivity index (χ3n) is 3.90. The van der Waals surface area contributed by atoms with Crippen LogP contribution in [-0.2, 0) is 4.79 Å². The molecular weight excluding hydrogens is 226 g/mol. The molecule has 1 aliphatic rings. The fraction of sp³-hybridized carbons (Fsp3) is 0.929. The highest BCUT2D eigenvalue weighted by Gasteiger charge is 2.24. The molecule has 0 saturated carbocycles. The van der Waals surface area contributed by atoms with E-state index in [2.05, 4.69) is 29.4 Å². The van der Waals surface area contributed by atoms with Crippen molar-refractivity contribution in [1.82, 2.24) is 15.5 Å². The first-order valence-corrected chi connectivity index (χ1v) is 7.33. The van der Waals surface area contributed by atoms with Gasteiger partial charge in [0.2, 0.25) is 5.91 Å². The Morgan fingerprint density at radius 3 is 2.94 bits per heavy atom. The summed E-state index contributed by atoms with van der Waals surface area (Å²) < 4.78 is 0. The average molecular weight is 255 g/mol. The largest absolute Gasteiger partial charge is 0.359 e. The van der Waals surface area contributed by atoms with Crippen LogP contribution in [0.1, 0.15) is 39.5 Å². The van der Waals surface area contributed by atoms with Crippen LogP contribution in [-0.4, -0.2) is 50.1 Å². The topological polar surface area (TPSA) is 44.4 Å². The molecule has 0 aliphatic carbocycles. The maximum absolute atomic E-state index is 11.3. The third kappa shape index (κ3) is 5.36. The van der Waals surface area contributed by atoms with Gasteiger partial charge in [-0.15, -0.1) is 0 Å². The molecule has 1 fully saturated rings. The zero-order valence-electron chi connectivity index (χ0n) is 12.2. The molecule has 0 aromatic heterocycles. The normalized spacial score (nSPS) is 22.7. The zero-order valence-corrected chi connectivity index (χ0v) is 12.2. The van der Waals surface area contributed by atoms with Gasteiger partial charge in [0.05, 0.1) is 0 Å². The smallest absolute Gasteiger partial charge is 0.221 e. The second-order valence-electron chi connectivity index (χ2n) is 5.37. The molecular formula is C14H29N3O. The van der Waals surface area contributed by atoms with E-state index in [4.69, 9.17) is 0 Å². The van der Waals surface area contributed by atoms with Crippen LogP contribution in [0, 0.1) is 5.92 Å². The molecule has 0 aromatic carbocycles. The third-order valence-corrected chi connectivity index (χ3v) is 3.90. The lowest BCUT2D eigenvalue weighted by Crippen LogP contribution is -2.45. The number of likely N-dealkylation sites (tertiary alicyclic amines) is 1. The molecule has 0 aromatic rings. The van der Waals surface area contributed by atoms with Gasteiger partial charge >= 0.3 is 0 Å². The van der Waals surface area contributed by atoms with Gasteiger partial charge in [-0.05, 0) is 45.2 Å². The SMILES string of the molecule is CCCNC(C)C1CCCN(CCC(=O)NC)C1. The quantitative estimate of drug-likeness (QED) is 0.719. The van der Waals surface area contributed by atoms with Crippen molar-refractivity contribution < 1.29 is 4.79 Å². The first kappa shape index (κ1) is 15.4. The van der Waals surface area contributed by atoms with Crippen molar-refractivity contribution in [3.63, 3.8) is 0 Å². The summed E-state index contributed by atoms with van der Waals surface area (Å²) >= 11 is 0. The number of hydrogen-bond acceptors (Lipinski definition) is 3. The number of amides is 1. The van der Waals surface area contributed by atoms with Gasteiger partial charge < -0.3 is 15.5 Å². The molecule has 2 unspecified atom stereocenters. The predicted molar refractivity (Wildman–Crippen MR) is 75.6 cm³/mol. The van der Waals surface area contributed by atoms with Crippen LogP contribution in [0.4, 0.5) is 0 Å². The first-order chi connectivity index (χ1) is 8.67. The molecule has 0 spiro atoms. The monoisotopic (exact) mass is 255 g/mol. The number of carbonyl (C=O) groups excluding carboxylic acids is 1. The van der Waals surface area contributed by atoms with Crippen molar-refractivity contribution >= 4 is 5.91 Å². The van der Waals surface area contributed by atoms with E-state index in [0.29, 0.717) is 12.5 Å². The molecule has 18 heavy (non-hydrogen) atoms. The van der Waals surface area contributed by atoms with Crippen molar-refractivity contribution in [2.45, 2.75) is 45.6 Å². The lowest BCUT2D eigenvalue weighted by atomic mass is 9.91. The van der Waals surface area contributed by atoms with Crippen LogP contribution in [0.3, 0.4) is 0 Å². The van der Waals surface area contributed by atoms with Crippen molar-refractivity contribution in [3.05, 3.63) is 0 Å². The highest BCUT2D eigenvalue weighted by atomic mass is 16.1. The molecule has 1 aliphatic heterocycles. The molecule has 1 saturated heterocycles. The summed E-state index contributed by atoms with van der Waals surface area (Å²) in [7, 11) is 1.71. The van der Waals surface area contributed by atoms with Gasteiger partial charge in [0.1, 0.15) is 0 Å². The second-order valence-corrected chi connectivity index (χ2v) is 5.37. The highest BCUT2D eigenvalue weighted by molar-refractivity contribution is 5.75. The van der Waals surface area contributed by atoms with Gasteiger partial charge in [-0.25, -0.2) is 0 Å². The molecule has 106 valence electrons. The Morgan fingerprint density at radius 1 is 1.50 bits per heavy atom. The number of nitrogens with one attached hydrogen (secondary N) is 2. The number of hydrogen-bond donors (Lipinski definition) is 2. The maximum Gasteiger partial charge on any atom is 0.221 e. The first-order valence-electron chi connectivity index (χ1n) is 7.33. The van der Waals surface area contributed by atoms with Crippen LogP contribution in [0.5, 0.6) is 0 Å². The summed E-state index contributed by atoms with van der Waals surface area (Å²) in [6, 6.07) is 0.591. The lowest BCUT2D eigenvalue weighted by molar-refractivity contribution is -0.121. The summed E-state index contributed by atoms with van der Waals surface area (Å²) in [5, 5.41) is 6.28. The van der Waals surface area contributed by atoms with Crippen molar-refractivity contribution in [2.24, 2.45) is 5.92 Å². The summed E-state index contributed by atoms with van der Waals surface area (Å²) in [5.41, 5.74) is 0. The average Bonchev–Trinajstić information content (AvgIpc) is 2.42. The van der Waals surface area contributed by atoms with Gasteiger partial charge in [0.15, 0.2) is 0 Å². The predicted octanol–water partition coefficient (Wildman–Crippen LogP) is 1.22. The zero-order chi connectivity index (χ0) is 13.4.